The summed E-state index contributed by atoms with van der Waals surface area (Å²) in [4.78, 5) is 25.8. The fraction of sp³-hybridized carbons (Fsp3) is 0.176. The predicted molar refractivity (Wildman–Crippen MR) is 80.1 cm³/mol. The Bertz CT molecular complexity index is 898. The number of amides is 2. The Morgan fingerprint density at radius 2 is 1.64 bits per heavy atom. The third-order valence-electron chi connectivity index (χ3n) is 3.92. The normalized spacial score (nSPS) is 13.2. The van der Waals surface area contributed by atoms with Crippen LogP contribution in [0.2, 0.25) is 0 Å². The van der Waals surface area contributed by atoms with Crippen LogP contribution in [-0.4, -0.2) is 30.9 Å². The standard InChI is InChI=1S/C17H12F3NO4/c1-24-11-6-4-9-12(15(11)25-2)17(23)21(16(9)22)7-8-3-5-10(18)14(20)13(8)19/h3-6H,7H2,1-2H3. The third kappa shape index (κ3) is 2.50. The van der Waals surface area contributed by atoms with Gasteiger partial charge in [0, 0.05) is 5.56 Å². The molecule has 0 unspecified atom stereocenters. The number of carbonyl (C=O) groups is 2. The molecule has 0 atom stereocenters. The van der Waals surface area contributed by atoms with Crippen LogP contribution in [0.15, 0.2) is 24.3 Å². The van der Waals surface area contributed by atoms with E-state index in [4.69, 9.17) is 9.47 Å². The van der Waals surface area contributed by atoms with Crippen molar-refractivity contribution in [1.82, 2.24) is 4.90 Å². The van der Waals surface area contributed by atoms with E-state index >= 15 is 0 Å². The molecule has 0 spiro atoms. The first kappa shape index (κ1) is 16.8. The number of methoxy groups -OCH3 is 2. The minimum atomic E-state index is -1.66. The summed E-state index contributed by atoms with van der Waals surface area (Å²) >= 11 is 0. The van der Waals surface area contributed by atoms with Crippen molar-refractivity contribution in [2.24, 2.45) is 0 Å². The molecule has 0 radical (unpaired) electrons. The zero-order valence-electron chi connectivity index (χ0n) is 13.2. The molecule has 0 bridgehead atoms. The van der Waals surface area contributed by atoms with Crippen LogP contribution in [0.25, 0.3) is 0 Å². The predicted octanol–water partition coefficient (Wildman–Crippen LogP) is 2.92. The molecule has 5 nitrogen and oxygen atoms in total. The molecular formula is C17H12F3NO4. The Morgan fingerprint density at radius 3 is 2.28 bits per heavy atom. The van der Waals surface area contributed by atoms with Crippen molar-refractivity contribution in [2.75, 3.05) is 14.2 Å². The van der Waals surface area contributed by atoms with Crippen LogP contribution in [0, 0.1) is 17.5 Å². The van der Waals surface area contributed by atoms with Gasteiger partial charge in [0.2, 0.25) is 0 Å². The number of halogens is 3. The van der Waals surface area contributed by atoms with E-state index in [1.54, 1.807) is 0 Å². The second-order valence-electron chi connectivity index (χ2n) is 5.25. The number of nitrogens with zero attached hydrogens (tertiary/aromatic N) is 1. The first-order chi connectivity index (χ1) is 11.9. The number of carbonyl (C=O) groups excluding carboxylic acids is 2. The fourth-order valence-corrected chi connectivity index (χ4v) is 2.69. The fourth-order valence-electron chi connectivity index (χ4n) is 2.69. The van der Waals surface area contributed by atoms with Crippen molar-refractivity contribution in [1.29, 1.82) is 0 Å². The molecule has 8 heteroatoms. The molecule has 0 fully saturated rings. The molecule has 0 aromatic heterocycles. The SMILES string of the molecule is COc1ccc2c(c1OC)C(=O)N(Cc1ccc(F)c(F)c1F)C2=O. The van der Waals surface area contributed by atoms with E-state index < -0.39 is 35.8 Å². The molecule has 0 aliphatic carbocycles. The molecule has 0 N–H and O–H groups in total. The summed E-state index contributed by atoms with van der Waals surface area (Å²) in [6.45, 7) is -0.541. The summed E-state index contributed by atoms with van der Waals surface area (Å²) in [5.41, 5.74) is -0.278. The highest BCUT2D eigenvalue weighted by Gasteiger charge is 2.40. The van der Waals surface area contributed by atoms with E-state index in [9.17, 15) is 22.8 Å². The van der Waals surface area contributed by atoms with Crippen molar-refractivity contribution < 1.29 is 32.2 Å². The molecule has 1 heterocycles. The highest BCUT2D eigenvalue weighted by Crippen LogP contribution is 2.38. The molecule has 3 rings (SSSR count). The monoisotopic (exact) mass is 351 g/mol. The Hall–Kier alpha value is -3.03. The van der Waals surface area contributed by atoms with Gasteiger partial charge in [0.05, 0.1) is 31.9 Å². The lowest BCUT2D eigenvalue weighted by Crippen LogP contribution is -2.29. The van der Waals surface area contributed by atoms with E-state index in [1.165, 1.54) is 26.4 Å². The summed E-state index contributed by atoms with van der Waals surface area (Å²) in [5, 5.41) is 0. The van der Waals surface area contributed by atoms with Crippen molar-refractivity contribution in [2.45, 2.75) is 6.54 Å². The second kappa shape index (κ2) is 6.12. The maximum Gasteiger partial charge on any atom is 0.265 e. The van der Waals surface area contributed by atoms with Gasteiger partial charge >= 0.3 is 0 Å². The van der Waals surface area contributed by atoms with E-state index in [2.05, 4.69) is 0 Å². The van der Waals surface area contributed by atoms with Gasteiger partial charge in [-0.1, -0.05) is 6.07 Å². The highest BCUT2D eigenvalue weighted by atomic mass is 19.2. The van der Waals surface area contributed by atoms with Crippen molar-refractivity contribution in [3.8, 4) is 11.5 Å². The van der Waals surface area contributed by atoms with Crippen molar-refractivity contribution in [3.05, 3.63) is 58.4 Å². The summed E-state index contributed by atoms with van der Waals surface area (Å²) in [5.74, 6) is -5.55. The van der Waals surface area contributed by atoms with Gasteiger partial charge < -0.3 is 9.47 Å². The van der Waals surface area contributed by atoms with Crippen LogP contribution in [-0.2, 0) is 6.54 Å². The zero-order chi connectivity index (χ0) is 18.3. The maximum atomic E-state index is 13.9. The molecule has 1 aliphatic heterocycles. The quantitative estimate of drug-likeness (QED) is 0.628. The lowest BCUT2D eigenvalue weighted by Gasteiger charge is -2.15. The molecule has 0 saturated heterocycles. The Balaban J connectivity index is 2.02. The molecule has 0 saturated carbocycles. The minimum Gasteiger partial charge on any atom is -0.493 e. The van der Waals surface area contributed by atoms with Crippen molar-refractivity contribution >= 4 is 11.8 Å². The first-order valence-corrected chi connectivity index (χ1v) is 7.14. The van der Waals surface area contributed by atoms with Crippen LogP contribution >= 0.6 is 0 Å². The first-order valence-electron chi connectivity index (χ1n) is 7.14. The number of ether oxygens (including phenoxy) is 2. The van der Waals surface area contributed by atoms with Crippen LogP contribution in [0.5, 0.6) is 11.5 Å². The number of hydrogen-bond donors (Lipinski definition) is 0. The van der Waals surface area contributed by atoms with Gasteiger partial charge in [-0.05, 0) is 18.2 Å². The molecule has 2 aromatic rings. The molecule has 25 heavy (non-hydrogen) atoms. The van der Waals surface area contributed by atoms with E-state index in [1.807, 2.05) is 0 Å². The number of benzene rings is 2. The largest absolute Gasteiger partial charge is 0.493 e. The van der Waals surface area contributed by atoms with Gasteiger partial charge in [-0.25, -0.2) is 13.2 Å². The lowest BCUT2D eigenvalue weighted by atomic mass is 10.1. The topological polar surface area (TPSA) is 55.8 Å². The summed E-state index contributed by atoms with van der Waals surface area (Å²) in [6, 6.07) is 4.56. The number of fused-ring (bicyclic) bond motifs is 1. The molecule has 1 aliphatic rings. The number of hydrogen-bond acceptors (Lipinski definition) is 4. The average molecular weight is 351 g/mol. The van der Waals surface area contributed by atoms with E-state index in [0.717, 1.165) is 17.0 Å². The number of imide groups is 1. The maximum absolute atomic E-state index is 13.9. The zero-order valence-corrected chi connectivity index (χ0v) is 13.2. The Kier molecular flexibility index (Phi) is 4.12. The Morgan fingerprint density at radius 1 is 0.920 bits per heavy atom. The van der Waals surface area contributed by atoms with Crippen LogP contribution in [0.1, 0.15) is 26.3 Å². The highest BCUT2D eigenvalue weighted by molar-refractivity contribution is 6.22. The lowest BCUT2D eigenvalue weighted by molar-refractivity contribution is 0.0639. The molecule has 2 amide bonds. The van der Waals surface area contributed by atoms with E-state index in [0.29, 0.717) is 0 Å². The van der Waals surface area contributed by atoms with Gasteiger partial charge in [-0.15, -0.1) is 0 Å². The van der Waals surface area contributed by atoms with Crippen LogP contribution < -0.4 is 9.47 Å². The third-order valence-corrected chi connectivity index (χ3v) is 3.92. The van der Waals surface area contributed by atoms with Gasteiger partial charge in [0.1, 0.15) is 0 Å². The molecule has 2 aromatic carbocycles. The van der Waals surface area contributed by atoms with E-state index in [-0.39, 0.29) is 28.2 Å². The summed E-state index contributed by atoms with van der Waals surface area (Å²) in [7, 11) is 2.69. The number of rotatable bonds is 4. The molecular weight excluding hydrogens is 339 g/mol. The van der Waals surface area contributed by atoms with Gasteiger partial charge in [-0.2, -0.15) is 0 Å². The average Bonchev–Trinajstić information content (AvgIpc) is 2.86. The summed E-state index contributed by atoms with van der Waals surface area (Å²) in [6.07, 6.45) is 0. The van der Waals surface area contributed by atoms with Crippen LogP contribution in [0.4, 0.5) is 13.2 Å². The molecule has 130 valence electrons. The second-order valence-corrected chi connectivity index (χ2v) is 5.25. The minimum absolute atomic E-state index is 0.0187. The van der Waals surface area contributed by atoms with Gasteiger partial charge in [0.15, 0.2) is 29.0 Å². The van der Waals surface area contributed by atoms with Crippen molar-refractivity contribution in [3.63, 3.8) is 0 Å². The Labute approximate surface area is 140 Å². The smallest absolute Gasteiger partial charge is 0.265 e. The van der Waals surface area contributed by atoms with Gasteiger partial charge in [0.25, 0.3) is 11.8 Å². The van der Waals surface area contributed by atoms with Crippen LogP contribution in [0.3, 0.4) is 0 Å². The summed E-state index contributed by atoms with van der Waals surface area (Å²) < 4.78 is 50.5. The van der Waals surface area contributed by atoms with Gasteiger partial charge in [-0.3, -0.25) is 14.5 Å².